The molecular weight excluding hydrogens is 606 g/mol. The van der Waals surface area contributed by atoms with Gasteiger partial charge in [0.05, 0.1) is 29.6 Å². The minimum atomic E-state index is -1.48. The molecule has 1 N–H and O–H groups in total. The first-order chi connectivity index (χ1) is 20.9. The monoisotopic (exact) mass is 639 g/mol. The molecule has 1 aliphatic heterocycles. The van der Waals surface area contributed by atoms with Crippen LogP contribution in [0.15, 0.2) is 114 Å². The number of hydrogen-bond donors (Lipinski definition) is 1. The van der Waals surface area contributed by atoms with Gasteiger partial charge in [0.25, 0.3) is 11.8 Å². The zero-order valence-electron chi connectivity index (χ0n) is 24.2. The molecule has 0 radical (unpaired) electrons. The summed E-state index contributed by atoms with van der Waals surface area (Å²) in [6.07, 6.45) is 1.80. The number of rotatable bonds is 11. The van der Waals surface area contributed by atoms with Crippen LogP contribution < -0.4 is 15.3 Å². The quantitative estimate of drug-likeness (QED) is 0.133. The van der Waals surface area contributed by atoms with Crippen molar-refractivity contribution in [2.45, 2.75) is 39.2 Å². The smallest absolute Gasteiger partial charge is 0.338 e. The van der Waals surface area contributed by atoms with Crippen LogP contribution >= 0.6 is 15.9 Å². The summed E-state index contributed by atoms with van der Waals surface area (Å²) in [5.41, 5.74) is 1.60. The third-order valence-electron chi connectivity index (χ3n) is 7.66. The fourth-order valence-electron chi connectivity index (χ4n) is 5.58. The number of hydrogen-bond acceptors (Lipinski definition) is 5. The number of halogens is 1. The van der Waals surface area contributed by atoms with Gasteiger partial charge in [0.2, 0.25) is 0 Å². The number of ether oxygens (including phenoxy) is 1. The van der Waals surface area contributed by atoms with E-state index in [2.05, 4.69) is 28.2 Å². The molecule has 1 unspecified atom stereocenters. The fraction of sp³-hybridized carbons (Fsp3) is 0.229. The Balaban J connectivity index is 1.68. The summed E-state index contributed by atoms with van der Waals surface area (Å²) in [7, 11) is 0. The molecule has 1 aliphatic rings. The number of amides is 2. The Labute approximate surface area is 260 Å². The van der Waals surface area contributed by atoms with Crippen molar-refractivity contribution >= 4 is 50.8 Å². The van der Waals surface area contributed by atoms with E-state index in [1.165, 1.54) is 10.0 Å². The van der Waals surface area contributed by atoms with Crippen LogP contribution in [0.2, 0.25) is 0 Å². The van der Waals surface area contributed by atoms with Crippen molar-refractivity contribution in [3.05, 3.63) is 125 Å². The lowest BCUT2D eigenvalue weighted by Crippen LogP contribution is -2.45. The van der Waals surface area contributed by atoms with Gasteiger partial charge in [-0.15, -0.1) is 0 Å². The van der Waals surface area contributed by atoms with Crippen LogP contribution in [0.5, 0.6) is 0 Å². The van der Waals surface area contributed by atoms with Crippen molar-refractivity contribution in [2.24, 2.45) is 5.41 Å². The maximum atomic E-state index is 15.0. The molecule has 0 aromatic heterocycles. The molecule has 1 heterocycles. The fourth-order valence-corrected chi connectivity index (χ4v) is 5.99. The van der Waals surface area contributed by atoms with Crippen molar-refractivity contribution in [3.8, 4) is 0 Å². The second-order valence-corrected chi connectivity index (χ2v) is 11.3. The van der Waals surface area contributed by atoms with Gasteiger partial charge in [-0.1, -0.05) is 84.2 Å². The van der Waals surface area contributed by atoms with Gasteiger partial charge >= 0.3 is 5.97 Å². The molecule has 4 aromatic carbocycles. The molecule has 0 spiro atoms. The maximum absolute atomic E-state index is 15.0. The summed E-state index contributed by atoms with van der Waals surface area (Å²) in [5.74, 6) is -1.02. The van der Waals surface area contributed by atoms with Crippen molar-refractivity contribution in [1.29, 1.82) is 0 Å². The van der Waals surface area contributed by atoms with E-state index in [4.69, 9.17) is 4.74 Å². The van der Waals surface area contributed by atoms with Gasteiger partial charge < -0.3 is 10.1 Å². The average molecular weight is 641 g/mol. The molecular formula is C35H34BrN3O4. The lowest BCUT2D eigenvalue weighted by molar-refractivity contribution is -0.136. The van der Waals surface area contributed by atoms with E-state index in [0.717, 1.165) is 16.5 Å². The van der Waals surface area contributed by atoms with E-state index in [0.29, 0.717) is 35.5 Å². The highest BCUT2D eigenvalue weighted by atomic mass is 79.9. The number of nitrogens with zero attached hydrogens (tertiary/aromatic N) is 2. The molecule has 0 bridgehead atoms. The Morgan fingerprint density at radius 3 is 1.91 bits per heavy atom. The molecule has 220 valence electrons. The van der Waals surface area contributed by atoms with Gasteiger partial charge in [0, 0.05) is 10.2 Å². The Hall–Kier alpha value is -4.43. The van der Waals surface area contributed by atoms with Crippen molar-refractivity contribution in [3.63, 3.8) is 0 Å². The third-order valence-corrected chi connectivity index (χ3v) is 8.15. The summed E-state index contributed by atoms with van der Waals surface area (Å²) in [5, 5.41) is 6.58. The van der Waals surface area contributed by atoms with Crippen molar-refractivity contribution in [2.75, 3.05) is 21.9 Å². The number of carbonyl (C=O) groups is 3. The Bertz CT molecular complexity index is 1520. The highest BCUT2D eigenvalue weighted by Gasteiger charge is 2.63. The van der Waals surface area contributed by atoms with Gasteiger partial charge in [-0.3, -0.25) is 9.59 Å². The largest absolute Gasteiger partial charge is 0.462 e. The number of hydrazine groups is 1. The van der Waals surface area contributed by atoms with Gasteiger partial charge in [-0.25, -0.2) is 14.8 Å². The van der Waals surface area contributed by atoms with Gasteiger partial charge in [-0.05, 0) is 79.6 Å². The lowest BCUT2D eigenvalue weighted by atomic mass is 9.72. The summed E-state index contributed by atoms with van der Waals surface area (Å²) in [6.45, 7) is 4.10. The topological polar surface area (TPSA) is 79.0 Å². The van der Waals surface area contributed by atoms with Crippen LogP contribution in [0.25, 0.3) is 0 Å². The minimum absolute atomic E-state index is 0.282. The molecule has 1 saturated heterocycles. The molecule has 1 fully saturated rings. The first kappa shape index (κ1) is 30.0. The van der Waals surface area contributed by atoms with E-state index in [-0.39, 0.29) is 18.4 Å². The second kappa shape index (κ2) is 13.3. The second-order valence-electron chi connectivity index (χ2n) is 10.4. The highest BCUT2D eigenvalue weighted by Crippen LogP contribution is 2.50. The zero-order valence-corrected chi connectivity index (χ0v) is 25.8. The van der Waals surface area contributed by atoms with Crippen LogP contribution in [-0.2, 0) is 14.3 Å². The first-order valence-electron chi connectivity index (χ1n) is 14.5. The Morgan fingerprint density at radius 1 is 0.814 bits per heavy atom. The van der Waals surface area contributed by atoms with Crippen LogP contribution in [0.3, 0.4) is 0 Å². The van der Waals surface area contributed by atoms with E-state index in [1.807, 2.05) is 84.9 Å². The maximum Gasteiger partial charge on any atom is 0.338 e. The van der Waals surface area contributed by atoms with Gasteiger partial charge in [0.15, 0.2) is 5.41 Å². The van der Waals surface area contributed by atoms with E-state index in [1.54, 1.807) is 31.2 Å². The number of esters is 1. The summed E-state index contributed by atoms with van der Waals surface area (Å²) in [6, 6.07) is 32.4. The highest BCUT2D eigenvalue weighted by molar-refractivity contribution is 9.10. The first-order valence-corrected chi connectivity index (χ1v) is 15.3. The number of carbonyl (C=O) groups excluding carboxylic acids is 3. The normalized spacial score (nSPS) is 15.0. The molecule has 7 nitrogen and oxygen atoms in total. The third kappa shape index (κ3) is 5.92. The molecule has 1 atom stereocenters. The van der Waals surface area contributed by atoms with E-state index < -0.39 is 17.4 Å². The number of nitrogens with one attached hydrogen (secondary N) is 1. The van der Waals surface area contributed by atoms with E-state index in [9.17, 15) is 14.4 Å². The van der Waals surface area contributed by atoms with Crippen LogP contribution in [0.4, 0.5) is 17.1 Å². The average Bonchev–Trinajstić information content (AvgIpc) is 3.26. The van der Waals surface area contributed by atoms with E-state index >= 15 is 0 Å². The predicted octanol–water partition coefficient (Wildman–Crippen LogP) is 7.95. The number of unbranched alkanes of at least 4 members (excludes halogenated alkanes) is 1. The van der Waals surface area contributed by atoms with Crippen LogP contribution in [0, 0.1) is 5.41 Å². The minimum Gasteiger partial charge on any atom is -0.462 e. The van der Waals surface area contributed by atoms with Gasteiger partial charge in [0.1, 0.15) is 0 Å². The Kier molecular flexibility index (Phi) is 9.26. The molecule has 2 amide bonds. The van der Waals surface area contributed by atoms with Crippen LogP contribution in [-0.4, -0.2) is 24.4 Å². The molecule has 5 rings (SSSR count). The molecule has 8 heteroatoms. The summed E-state index contributed by atoms with van der Waals surface area (Å²) >= 11 is 3.59. The molecule has 4 aromatic rings. The summed E-state index contributed by atoms with van der Waals surface area (Å²) < 4.78 is 5.98. The molecule has 43 heavy (non-hydrogen) atoms. The molecule has 0 aliphatic carbocycles. The number of benzene rings is 4. The SMILES string of the molecule is CCCCC1(C(Nc2ccc(C(=O)OCC)cc2)c2cccc(Br)c2)C(=O)N(c2ccccc2)N(c2ccccc2)C1=O. The molecule has 0 saturated carbocycles. The number of para-hydroxylation sites is 2. The predicted molar refractivity (Wildman–Crippen MR) is 173 cm³/mol. The Morgan fingerprint density at radius 2 is 1.40 bits per heavy atom. The standard InChI is InChI=1S/C35H34BrN3O4/c1-3-5-23-35(33(41)38(29-15-8-6-9-16-29)39(34(35)42)30-17-10-7-11-18-30)31(26-13-12-14-27(36)24-26)37-28-21-19-25(20-22-28)32(40)43-4-2/h6-22,24,31,37H,3-5,23H2,1-2H3. The van der Waals surface area contributed by atoms with Gasteiger partial charge in [-0.2, -0.15) is 0 Å². The van der Waals surface area contributed by atoms with Crippen molar-refractivity contribution < 1.29 is 19.1 Å². The summed E-state index contributed by atoms with van der Waals surface area (Å²) in [4.78, 5) is 42.3. The number of anilines is 3. The lowest BCUT2D eigenvalue weighted by Gasteiger charge is -2.35. The van der Waals surface area contributed by atoms with Crippen LogP contribution in [0.1, 0.15) is 55.1 Å². The van der Waals surface area contributed by atoms with Crippen molar-refractivity contribution in [1.82, 2.24) is 0 Å². The zero-order chi connectivity index (χ0) is 30.4.